The smallest absolute Gasteiger partial charge is 0.266 e. The summed E-state index contributed by atoms with van der Waals surface area (Å²) >= 11 is 0. The van der Waals surface area contributed by atoms with Gasteiger partial charge in [-0.25, -0.2) is 0 Å². The first-order valence-electron chi connectivity index (χ1n) is 8.74. The van der Waals surface area contributed by atoms with E-state index in [1.54, 1.807) is 31.4 Å². The van der Waals surface area contributed by atoms with E-state index < -0.39 is 5.56 Å². The minimum atomic E-state index is -0.457. The predicted octanol–water partition coefficient (Wildman–Crippen LogP) is 4.00. The molecule has 142 valence electrons. The van der Waals surface area contributed by atoms with E-state index in [9.17, 15) is 10.1 Å². The number of nitrogens with zero attached hydrogens (tertiary/aromatic N) is 1. The topological polar surface area (TPSA) is 84.3 Å². The number of benzene rings is 2. The molecule has 0 saturated carbocycles. The molecule has 0 amide bonds. The number of methoxy groups -OCH3 is 2. The van der Waals surface area contributed by atoms with Crippen LogP contribution in [-0.2, 0) is 0 Å². The largest absolute Gasteiger partial charge is 0.497 e. The van der Waals surface area contributed by atoms with Crippen molar-refractivity contribution in [3.05, 3.63) is 64.4 Å². The molecule has 0 atom stereocenters. The predicted molar refractivity (Wildman–Crippen MR) is 107 cm³/mol. The summed E-state index contributed by atoms with van der Waals surface area (Å²) in [7, 11) is 3.09. The highest BCUT2D eigenvalue weighted by Gasteiger charge is 2.16. The Morgan fingerprint density at radius 2 is 1.68 bits per heavy atom. The molecule has 0 bridgehead atoms. The Labute approximate surface area is 162 Å². The van der Waals surface area contributed by atoms with Gasteiger partial charge < -0.3 is 19.2 Å². The zero-order chi connectivity index (χ0) is 20.1. The van der Waals surface area contributed by atoms with Crippen LogP contribution in [0, 0.1) is 11.3 Å². The first-order valence-corrected chi connectivity index (χ1v) is 8.74. The van der Waals surface area contributed by atoms with E-state index in [0.717, 1.165) is 11.3 Å². The van der Waals surface area contributed by atoms with Crippen LogP contribution in [0.5, 0.6) is 17.2 Å². The van der Waals surface area contributed by atoms with Crippen molar-refractivity contribution in [2.45, 2.75) is 6.92 Å². The fourth-order valence-electron chi connectivity index (χ4n) is 2.96. The fourth-order valence-corrected chi connectivity index (χ4v) is 2.96. The van der Waals surface area contributed by atoms with Gasteiger partial charge in [0, 0.05) is 22.9 Å². The van der Waals surface area contributed by atoms with Crippen molar-refractivity contribution in [2.75, 3.05) is 20.8 Å². The molecule has 0 radical (unpaired) electrons. The number of aromatic nitrogens is 1. The van der Waals surface area contributed by atoms with Crippen molar-refractivity contribution < 1.29 is 14.2 Å². The van der Waals surface area contributed by atoms with Crippen LogP contribution in [0.2, 0.25) is 0 Å². The number of aromatic amines is 1. The van der Waals surface area contributed by atoms with E-state index in [2.05, 4.69) is 4.98 Å². The third-order valence-corrected chi connectivity index (χ3v) is 4.32. The Morgan fingerprint density at radius 1 is 0.964 bits per heavy atom. The third kappa shape index (κ3) is 3.69. The number of H-pyrrole nitrogens is 1. The molecule has 1 heterocycles. The molecule has 1 N–H and O–H groups in total. The van der Waals surface area contributed by atoms with Crippen LogP contribution in [0.25, 0.3) is 22.4 Å². The van der Waals surface area contributed by atoms with Gasteiger partial charge in [-0.2, -0.15) is 5.26 Å². The minimum Gasteiger partial charge on any atom is -0.497 e. The van der Waals surface area contributed by atoms with Crippen LogP contribution in [0.15, 0.2) is 53.3 Å². The number of ether oxygens (including phenoxy) is 3. The standard InChI is InChI=1S/C22H20N2O4/c1-4-28-15-7-5-14(6-8-15)20-12-18(19(13-23)22(25)24-20)17-10-9-16(26-2)11-21(17)27-3/h5-12H,4H2,1-3H3,(H,24,25). The normalized spacial score (nSPS) is 10.2. The first kappa shape index (κ1) is 19.1. The fraction of sp³-hybridized carbons (Fsp3) is 0.182. The first-order chi connectivity index (χ1) is 13.6. The maximum Gasteiger partial charge on any atom is 0.266 e. The summed E-state index contributed by atoms with van der Waals surface area (Å²) < 4.78 is 16.1. The highest BCUT2D eigenvalue weighted by Crippen LogP contribution is 2.35. The molecule has 0 aliphatic rings. The zero-order valence-electron chi connectivity index (χ0n) is 15.9. The van der Waals surface area contributed by atoms with Crippen LogP contribution in [0.4, 0.5) is 0 Å². The summed E-state index contributed by atoms with van der Waals surface area (Å²) in [5, 5.41) is 9.53. The molecule has 2 aromatic carbocycles. The Morgan fingerprint density at radius 3 is 2.29 bits per heavy atom. The van der Waals surface area contributed by atoms with Gasteiger partial charge in [-0.1, -0.05) is 0 Å². The van der Waals surface area contributed by atoms with Crippen LogP contribution in [-0.4, -0.2) is 25.8 Å². The molecule has 0 aliphatic carbocycles. The van der Waals surface area contributed by atoms with Crippen molar-refractivity contribution in [2.24, 2.45) is 0 Å². The zero-order valence-corrected chi connectivity index (χ0v) is 15.9. The van der Waals surface area contributed by atoms with Crippen LogP contribution < -0.4 is 19.8 Å². The monoisotopic (exact) mass is 376 g/mol. The molecule has 6 nitrogen and oxygen atoms in total. The lowest BCUT2D eigenvalue weighted by Crippen LogP contribution is -2.13. The number of nitriles is 1. The van der Waals surface area contributed by atoms with Crippen molar-refractivity contribution in [3.63, 3.8) is 0 Å². The lowest BCUT2D eigenvalue weighted by Gasteiger charge is -2.13. The summed E-state index contributed by atoms with van der Waals surface area (Å²) in [6.07, 6.45) is 0. The molecule has 0 spiro atoms. The summed E-state index contributed by atoms with van der Waals surface area (Å²) in [6.45, 7) is 2.50. The Hall–Kier alpha value is -3.72. The lowest BCUT2D eigenvalue weighted by molar-refractivity contribution is 0.340. The van der Waals surface area contributed by atoms with Gasteiger partial charge in [0.25, 0.3) is 5.56 Å². The molecule has 0 aliphatic heterocycles. The molecule has 0 unspecified atom stereocenters. The number of nitrogens with one attached hydrogen (secondary N) is 1. The van der Waals surface area contributed by atoms with E-state index >= 15 is 0 Å². The second kappa shape index (κ2) is 8.31. The molecule has 6 heteroatoms. The van der Waals surface area contributed by atoms with E-state index in [1.807, 2.05) is 37.3 Å². The van der Waals surface area contributed by atoms with E-state index in [4.69, 9.17) is 14.2 Å². The van der Waals surface area contributed by atoms with Crippen molar-refractivity contribution in [1.82, 2.24) is 4.98 Å². The maximum atomic E-state index is 12.6. The highest BCUT2D eigenvalue weighted by molar-refractivity contribution is 5.79. The molecular formula is C22H20N2O4. The van der Waals surface area contributed by atoms with E-state index in [-0.39, 0.29) is 5.56 Å². The summed E-state index contributed by atoms with van der Waals surface area (Å²) in [6, 6.07) is 16.4. The summed E-state index contributed by atoms with van der Waals surface area (Å²) in [5.74, 6) is 1.88. The van der Waals surface area contributed by atoms with Gasteiger partial charge >= 0.3 is 0 Å². The molecule has 28 heavy (non-hydrogen) atoms. The molecule has 3 rings (SSSR count). The SMILES string of the molecule is CCOc1ccc(-c2cc(-c3ccc(OC)cc3OC)c(C#N)c(=O)[nH]2)cc1. The Balaban J connectivity index is 2.17. The Bertz CT molecular complexity index is 1080. The van der Waals surface area contributed by atoms with Gasteiger partial charge in [-0.15, -0.1) is 0 Å². The average molecular weight is 376 g/mol. The number of rotatable bonds is 6. The quantitative estimate of drug-likeness (QED) is 0.703. The van der Waals surface area contributed by atoms with Gasteiger partial charge in [0.1, 0.15) is 28.9 Å². The average Bonchev–Trinajstić information content (AvgIpc) is 2.73. The van der Waals surface area contributed by atoms with E-state index in [0.29, 0.717) is 34.9 Å². The highest BCUT2D eigenvalue weighted by atomic mass is 16.5. The second-order valence-electron chi connectivity index (χ2n) is 5.94. The summed E-state index contributed by atoms with van der Waals surface area (Å²) in [5.41, 5.74) is 2.10. The lowest BCUT2D eigenvalue weighted by atomic mass is 9.98. The number of hydrogen-bond donors (Lipinski definition) is 1. The number of hydrogen-bond acceptors (Lipinski definition) is 5. The number of pyridine rings is 1. The van der Waals surface area contributed by atoms with Gasteiger partial charge in [0.05, 0.1) is 20.8 Å². The van der Waals surface area contributed by atoms with Crippen LogP contribution in [0.1, 0.15) is 12.5 Å². The van der Waals surface area contributed by atoms with Crippen LogP contribution >= 0.6 is 0 Å². The van der Waals surface area contributed by atoms with E-state index in [1.165, 1.54) is 7.11 Å². The third-order valence-electron chi connectivity index (χ3n) is 4.32. The van der Waals surface area contributed by atoms with Gasteiger partial charge in [-0.3, -0.25) is 4.79 Å². The molecular weight excluding hydrogens is 356 g/mol. The second-order valence-corrected chi connectivity index (χ2v) is 5.94. The Kier molecular flexibility index (Phi) is 5.66. The van der Waals surface area contributed by atoms with Gasteiger partial charge in [-0.05, 0) is 55.0 Å². The van der Waals surface area contributed by atoms with Crippen molar-refractivity contribution >= 4 is 0 Å². The molecule has 0 fully saturated rings. The van der Waals surface area contributed by atoms with Gasteiger partial charge in [0.2, 0.25) is 0 Å². The van der Waals surface area contributed by atoms with Crippen LogP contribution in [0.3, 0.4) is 0 Å². The maximum absolute atomic E-state index is 12.6. The molecule has 3 aromatic rings. The molecule has 1 aromatic heterocycles. The van der Waals surface area contributed by atoms with Crippen molar-refractivity contribution in [1.29, 1.82) is 5.26 Å². The minimum absolute atomic E-state index is 0.0261. The van der Waals surface area contributed by atoms with Gasteiger partial charge in [0.15, 0.2) is 0 Å². The summed E-state index contributed by atoms with van der Waals surface area (Å²) in [4.78, 5) is 15.3. The van der Waals surface area contributed by atoms with Crippen molar-refractivity contribution in [3.8, 4) is 45.7 Å². The molecule has 0 saturated heterocycles.